The SMILES string of the molecule is CCCC(C)C(=O)N[C@H](C(=O)O)C(C)CC. The summed E-state index contributed by atoms with van der Waals surface area (Å²) in [6.07, 6.45) is 2.45. The van der Waals surface area contributed by atoms with Crippen LogP contribution in [0.3, 0.4) is 0 Å². The number of aliphatic carboxylic acids is 1. The van der Waals surface area contributed by atoms with E-state index in [9.17, 15) is 9.59 Å². The molecule has 1 amide bonds. The second-order valence-electron chi connectivity index (χ2n) is 4.40. The largest absolute Gasteiger partial charge is 0.480 e. The zero-order chi connectivity index (χ0) is 12.7. The molecule has 4 nitrogen and oxygen atoms in total. The lowest BCUT2D eigenvalue weighted by molar-refractivity contribution is -0.144. The number of carboxylic acid groups (broad SMARTS) is 1. The van der Waals surface area contributed by atoms with Crippen molar-refractivity contribution in [2.75, 3.05) is 0 Å². The third-order valence-corrected chi connectivity index (χ3v) is 2.95. The molecular weight excluding hydrogens is 206 g/mol. The third-order valence-electron chi connectivity index (χ3n) is 2.95. The summed E-state index contributed by atoms with van der Waals surface area (Å²) in [5, 5.41) is 11.6. The lowest BCUT2D eigenvalue weighted by Crippen LogP contribution is -2.46. The molecule has 0 fully saturated rings. The molecule has 0 aliphatic rings. The maximum absolute atomic E-state index is 11.7. The van der Waals surface area contributed by atoms with E-state index < -0.39 is 12.0 Å². The summed E-state index contributed by atoms with van der Waals surface area (Å²) in [6, 6.07) is -0.767. The van der Waals surface area contributed by atoms with Gasteiger partial charge in [0.2, 0.25) is 5.91 Å². The number of nitrogens with one attached hydrogen (secondary N) is 1. The highest BCUT2D eigenvalue weighted by Gasteiger charge is 2.26. The molecule has 0 saturated carbocycles. The number of hydrogen-bond donors (Lipinski definition) is 2. The maximum atomic E-state index is 11.7. The highest BCUT2D eigenvalue weighted by atomic mass is 16.4. The van der Waals surface area contributed by atoms with E-state index in [4.69, 9.17) is 5.11 Å². The summed E-state index contributed by atoms with van der Waals surface area (Å²) < 4.78 is 0. The molecule has 2 N–H and O–H groups in total. The molecule has 0 bridgehead atoms. The van der Waals surface area contributed by atoms with Gasteiger partial charge in [-0.25, -0.2) is 4.79 Å². The second kappa shape index (κ2) is 7.25. The van der Waals surface area contributed by atoms with Crippen LogP contribution >= 0.6 is 0 Å². The second-order valence-corrected chi connectivity index (χ2v) is 4.40. The standard InChI is InChI=1S/C12H23NO3/c1-5-7-9(4)11(14)13-10(12(15)16)8(3)6-2/h8-10H,5-7H2,1-4H3,(H,13,14)(H,15,16)/t8?,9?,10-/m0/s1. The van der Waals surface area contributed by atoms with Gasteiger partial charge in [-0.3, -0.25) is 4.79 Å². The van der Waals surface area contributed by atoms with Gasteiger partial charge in [0, 0.05) is 5.92 Å². The molecule has 4 heteroatoms. The van der Waals surface area contributed by atoms with Gasteiger partial charge >= 0.3 is 5.97 Å². The van der Waals surface area contributed by atoms with Gasteiger partial charge in [0.05, 0.1) is 0 Å². The molecule has 0 aliphatic heterocycles. The van der Waals surface area contributed by atoms with Crippen LogP contribution in [0.15, 0.2) is 0 Å². The van der Waals surface area contributed by atoms with E-state index in [0.717, 1.165) is 19.3 Å². The van der Waals surface area contributed by atoms with Gasteiger partial charge in [-0.05, 0) is 12.3 Å². The summed E-state index contributed by atoms with van der Waals surface area (Å²) >= 11 is 0. The molecule has 0 saturated heterocycles. The van der Waals surface area contributed by atoms with Crippen molar-refractivity contribution in [2.24, 2.45) is 11.8 Å². The Morgan fingerprint density at radius 2 is 1.81 bits per heavy atom. The van der Waals surface area contributed by atoms with Crippen LogP contribution in [0.4, 0.5) is 0 Å². The van der Waals surface area contributed by atoms with E-state index in [-0.39, 0.29) is 17.7 Å². The average molecular weight is 229 g/mol. The minimum atomic E-state index is -0.952. The molecule has 0 heterocycles. The van der Waals surface area contributed by atoms with Crippen molar-refractivity contribution in [1.82, 2.24) is 5.32 Å². The van der Waals surface area contributed by atoms with Crippen molar-refractivity contribution < 1.29 is 14.7 Å². The normalized spacial score (nSPS) is 16.2. The fourth-order valence-corrected chi connectivity index (χ4v) is 1.54. The minimum Gasteiger partial charge on any atom is -0.480 e. The van der Waals surface area contributed by atoms with Crippen LogP contribution in [0.25, 0.3) is 0 Å². The topological polar surface area (TPSA) is 66.4 Å². The van der Waals surface area contributed by atoms with Crippen LogP contribution in [0, 0.1) is 11.8 Å². The van der Waals surface area contributed by atoms with Crippen LogP contribution in [-0.2, 0) is 9.59 Å². The number of amides is 1. The Balaban J connectivity index is 4.40. The van der Waals surface area contributed by atoms with Crippen molar-refractivity contribution >= 4 is 11.9 Å². The molecule has 2 unspecified atom stereocenters. The Bertz CT molecular complexity index is 240. The number of hydrogen-bond acceptors (Lipinski definition) is 2. The van der Waals surface area contributed by atoms with Crippen molar-refractivity contribution in [3.63, 3.8) is 0 Å². The smallest absolute Gasteiger partial charge is 0.326 e. The average Bonchev–Trinajstić information content (AvgIpc) is 2.24. The molecular formula is C12H23NO3. The molecule has 0 aromatic heterocycles. The number of carbonyl (C=O) groups is 2. The Morgan fingerprint density at radius 1 is 1.25 bits per heavy atom. The zero-order valence-electron chi connectivity index (χ0n) is 10.6. The lowest BCUT2D eigenvalue weighted by atomic mass is 9.97. The minimum absolute atomic E-state index is 0.0460. The van der Waals surface area contributed by atoms with Crippen LogP contribution in [-0.4, -0.2) is 23.0 Å². The fraction of sp³-hybridized carbons (Fsp3) is 0.833. The molecule has 16 heavy (non-hydrogen) atoms. The summed E-state index contributed by atoms with van der Waals surface area (Å²) in [5.41, 5.74) is 0. The van der Waals surface area contributed by atoms with E-state index in [0.29, 0.717) is 0 Å². The predicted octanol–water partition coefficient (Wildman–Crippen LogP) is 2.04. The van der Waals surface area contributed by atoms with E-state index in [2.05, 4.69) is 5.32 Å². The first-order valence-corrected chi connectivity index (χ1v) is 5.97. The molecule has 0 spiro atoms. The third kappa shape index (κ3) is 4.64. The first kappa shape index (κ1) is 14.9. The first-order valence-electron chi connectivity index (χ1n) is 5.97. The van der Waals surface area contributed by atoms with Gasteiger partial charge in [0.15, 0.2) is 0 Å². The van der Waals surface area contributed by atoms with E-state index in [1.165, 1.54) is 0 Å². The highest BCUT2D eigenvalue weighted by molar-refractivity contribution is 5.84. The van der Waals surface area contributed by atoms with Gasteiger partial charge in [0.1, 0.15) is 6.04 Å². The molecule has 0 radical (unpaired) electrons. The van der Waals surface area contributed by atoms with Crippen LogP contribution in [0.1, 0.15) is 47.0 Å². The molecule has 0 aromatic rings. The molecule has 0 aliphatic carbocycles. The number of rotatable bonds is 7. The summed E-state index contributed by atoms with van der Waals surface area (Å²) in [6.45, 7) is 7.59. The summed E-state index contributed by atoms with van der Waals surface area (Å²) in [5.74, 6) is -1.27. The van der Waals surface area contributed by atoms with Gasteiger partial charge in [-0.15, -0.1) is 0 Å². The summed E-state index contributed by atoms with van der Waals surface area (Å²) in [7, 11) is 0. The Morgan fingerprint density at radius 3 is 2.19 bits per heavy atom. The Kier molecular flexibility index (Phi) is 6.77. The predicted molar refractivity (Wildman–Crippen MR) is 63.1 cm³/mol. The fourth-order valence-electron chi connectivity index (χ4n) is 1.54. The van der Waals surface area contributed by atoms with Gasteiger partial charge in [0.25, 0.3) is 0 Å². The zero-order valence-corrected chi connectivity index (χ0v) is 10.6. The number of carbonyl (C=O) groups excluding carboxylic acids is 1. The van der Waals surface area contributed by atoms with Crippen molar-refractivity contribution in [1.29, 1.82) is 0 Å². The lowest BCUT2D eigenvalue weighted by Gasteiger charge is -2.22. The van der Waals surface area contributed by atoms with Gasteiger partial charge in [-0.2, -0.15) is 0 Å². The van der Waals surface area contributed by atoms with Crippen molar-refractivity contribution in [3.8, 4) is 0 Å². The quantitative estimate of drug-likeness (QED) is 0.702. The molecule has 3 atom stereocenters. The van der Waals surface area contributed by atoms with Crippen LogP contribution in [0.2, 0.25) is 0 Å². The first-order chi connectivity index (χ1) is 7.43. The Hall–Kier alpha value is -1.06. The monoisotopic (exact) mass is 229 g/mol. The molecule has 94 valence electrons. The maximum Gasteiger partial charge on any atom is 0.326 e. The van der Waals surface area contributed by atoms with E-state index in [1.54, 1.807) is 0 Å². The van der Waals surface area contributed by atoms with Gasteiger partial charge in [-0.1, -0.05) is 40.5 Å². The van der Waals surface area contributed by atoms with Gasteiger partial charge < -0.3 is 10.4 Å². The van der Waals surface area contributed by atoms with E-state index in [1.807, 2.05) is 27.7 Å². The van der Waals surface area contributed by atoms with E-state index >= 15 is 0 Å². The Labute approximate surface area is 97.4 Å². The van der Waals surface area contributed by atoms with Crippen LogP contribution in [0.5, 0.6) is 0 Å². The number of carboxylic acids is 1. The van der Waals surface area contributed by atoms with Crippen molar-refractivity contribution in [3.05, 3.63) is 0 Å². The van der Waals surface area contributed by atoms with Crippen LogP contribution < -0.4 is 5.32 Å². The molecule has 0 rings (SSSR count). The molecule has 0 aromatic carbocycles. The summed E-state index contributed by atoms with van der Waals surface area (Å²) in [4.78, 5) is 22.7. The van der Waals surface area contributed by atoms with Crippen molar-refractivity contribution in [2.45, 2.75) is 53.0 Å². The highest BCUT2D eigenvalue weighted by Crippen LogP contribution is 2.11.